The zero-order valence-electron chi connectivity index (χ0n) is 9.85. The molecule has 0 spiro atoms. The fraction of sp³-hybridized carbons (Fsp3) is 0.500. The van der Waals surface area contributed by atoms with Gasteiger partial charge in [0.05, 0.1) is 16.4 Å². The molecule has 1 unspecified atom stereocenters. The van der Waals surface area contributed by atoms with Crippen LogP contribution < -0.4 is 11.1 Å². The number of halogens is 2. The Bertz CT molecular complexity index is 366. The number of anilines is 2. The largest absolute Gasteiger partial charge is 0.397 e. The molecule has 0 saturated carbocycles. The summed E-state index contributed by atoms with van der Waals surface area (Å²) < 4.78 is 13.0. The van der Waals surface area contributed by atoms with E-state index in [1.54, 1.807) is 0 Å². The van der Waals surface area contributed by atoms with Crippen LogP contribution in [0.3, 0.4) is 0 Å². The van der Waals surface area contributed by atoms with Gasteiger partial charge in [0.25, 0.3) is 0 Å². The minimum atomic E-state index is -0.485. The normalized spacial score (nSPS) is 12.9. The van der Waals surface area contributed by atoms with Crippen LogP contribution in [-0.2, 0) is 0 Å². The first-order chi connectivity index (χ1) is 7.41. The second kappa shape index (κ2) is 5.39. The van der Waals surface area contributed by atoms with E-state index in [2.05, 4.69) is 26.1 Å². The van der Waals surface area contributed by atoms with Crippen molar-refractivity contribution in [2.45, 2.75) is 20.8 Å². The number of hydrogen-bond donors (Lipinski definition) is 2. The fourth-order valence-electron chi connectivity index (χ4n) is 1.22. The van der Waals surface area contributed by atoms with Gasteiger partial charge >= 0.3 is 0 Å². The van der Waals surface area contributed by atoms with E-state index in [0.29, 0.717) is 23.2 Å². The number of hydrogen-bond acceptors (Lipinski definition) is 2. The summed E-state index contributed by atoms with van der Waals surface area (Å²) in [4.78, 5) is 0. The molecule has 90 valence electrons. The molecule has 0 amide bonds. The lowest BCUT2D eigenvalue weighted by Crippen LogP contribution is -2.17. The average Bonchev–Trinajstić information content (AvgIpc) is 2.20. The van der Waals surface area contributed by atoms with E-state index < -0.39 is 5.82 Å². The molecule has 0 aliphatic rings. The lowest BCUT2D eigenvalue weighted by atomic mass is 9.98. The fourth-order valence-corrected chi connectivity index (χ4v) is 1.39. The van der Waals surface area contributed by atoms with E-state index in [-0.39, 0.29) is 5.02 Å². The van der Waals surface area contributed by atoms with Gasteiger partial charge in [-0.1, -0.05) is 32.4 Å². The molecule has 1 aromatic rings. The molecule has 0 aliphatic carbocycles. The number of nitrogens with two attached hydrogens (primary N) is 1. The summed E-state index contributed by atoms with van der Waals surface area (Å²) in [6.07, 6.45) is 0. The Morgan fingerprint density at radius 3 is 2.56 bits per heavy atom. The number of benzene rings is 1. The zero-order chi connectivity index (χ0) is 12.3. The van der Waals surface area contributed by atoms with Crippen molar-refractivity contribution >= 4 is 23.0 Å². The van der Waals surface area contributed by atoms with Crippen LogP contribution in [0.15, 0.2) is 12.1 Å². The van der Waals surface area contributed by atoms with Crippen molar-refractivity contribution in [1.29, 1.82) is 0 Å². The SMILES string of the molecule is CC(C)C(C)CNc1cc(Cl)c(F)cc1N. The molecule has 0 aromatic heterocycles. The van der Waals surface area contributed by atoms with Crippen molar-refractivity contribution in [3.05, 3.63) is 23.0 Å². The Kier molecular flexibility index (Phi) is 4.42. The molecule has 2 nitrogen and oxygen atoms in total. The maximum atomic E-state index is 13.0. The maximum absolute atomic E-state index is 13.0. The van der Waals surface area contributed by atoms with Gasteiger partial charge in [0.2, 0.25) is 0 Å². The van der Waals surface area contributed by atoms with E-state index >= 15 is 0 Å². The second-order valence-electron chi connectivity index (χ2n) is 4.46. The zero-order valence-corrected chi connectivity index (χ0v) is 10.6. The molecule has 0 bridgehead atoms. The van der Waals surface area contributed by atoms with Crippen molar-refractivity contribution in [2.24, 2.45) is 11.8 Å². The van der Waals surface area contributed by atoms with Crippen molar-refractivity contribution in [3.63, 3.8) is 0 Å². The third-order valence-electron chi connectivity index (χ3n) is 2.85. The van der Waals surface area contributed by atoms with E-state index in [1.807, 2.05) is 0 Å². The molecule has 1 atom stereocenters. The molecule has 1 rings (SSSR count). The first-order valence-corrected chi connectivity index (χ1v) is 5.78. The topological polar surface area (TPSA) is 38.0 Å². The Labute approximate surface area is 101 Å². The predicted molar refractivity (Wildman–Crippen MR) is 68.3 cm³/mol. The van der Waals surface area contributed by atoms with Crippen molar-refractivity contribution < 1.29 is 4.39 Å². The van der Waals surface area contributed by atoms with Crippen molar-refractivity contribution in [1.82, 2.24) is 0 Å². The first-order valence-electron chi connectivity index (χ1n) is 5.40. The highest BCUT2D eigenvalue weighted by atomic mass is 35.5. The lowest BCUT2D eigenvalue weighted by Gasteiger charge is -2.18. The number of rotatable bonds is 4. The van der Waals surface area contributed by atoms with Crippen LogP contribution in [0.4, 0.5) is 15.8 Å². The molecule has 0 radical (unpaired) electrons. The maximum Gasteiger partial charge on any atom is 0.143 e. The van der Waals surface area contributed by atoms with E-state index in [1.165, 1.54) is 12.1 Å². The van der Waals surface area contributed by atoms with Crippen LogP contribution in [0.25, 0.3) is 0 Å². The highest BCUT2D eigenvalue weighted by Crippen LogP contribution is 2.26. The van der Waals surface area contributed by atoms with E-state index in [0.717, 1.165) is 6.54 Å². The Morgan fingerprint density at radius 2 is 2.00 bits per heavy atom. The van der Waals surface area contributed by atoms with Gasteiger partial charge in [0.1, 0.15) is 5.82 Å². The Hall–Kier alpha value is -0.960. The molecular weight excluding hydrogens is 227 g/mol. The highest BCUT2D eigenvalue weighted by Gasteiger charge is 2.09. The van der Waals surface area contributed by atoms with Gasteiger partial charge < -0.3 is 11.1 Å². The minimum Gasteiger partial charge on any atom is -0.397 e. The molecule has 3 N–H and O–H groups in total. The van der Waals surface area contributed by atoms with Crippen molar-refractivity contribution in [3.8, 4) is 0 Å². The summed E-state index contributed by atoms with van der Waals surface area (Å²) in [6.45, 7) is 7.27. The number of nitrogen functional groups attached to an aromatic ring is 1. The van der Waals surface area contributed by atoms with Crippen LogP contribution >= 0.6 is 11.6 Å². The van der Waals surface area contributed by atoms with Crippen LogP contribution in [0.5, 0.6) is 0 Å². The van der Waals surface area contributed by atoms with Crippen LogP contribution in [0, 0.1) is 17.7 Å². The summed E-state index contributed by atoms with van der Waals surface area (Å²) >= 11 is 5.69. The van der Waals surface area contributed by atoms with Gasteiger partial charge in [-0.3, -0.25) is 0 Å². The van der Waals surface area contributed by atoms with E-state index in [4.69, 9.17) is 17.3 Å². The van der Waals surface area contributed by atoms with Gasteiger partial charge in [-0.05, 0) is 17.9 Å². The molecule has 16 heavy (non-hydrogen) atoms. The molecule has 0 saturated heterocycles. The Balaban J connectivity index is 2.71. The number of nitrogens with one attached hydrogen (secondary N) is 1. The first kappa shape index (κ1) is 13.1. The highest BCUT2D eigenvalue weighted by molar-refractivity contribution is 6.31. The third kappa shape index (κ3) is 3.27. The molecule has 0 heterocycles. The summed E-state index contributed by atoms with van der Waals surface area (Å²) in [5.74, 6) is 0.620. The quantitative estimate of drug-likeness (QED) is 0.792. The summed E-state index contributed by atoms with van der Waals surface area (Å²) in [5.41, 5.74) is 6.77. The average molecular weight is 245 g/mol. The lowest BCUT2D eigenvalue weighted by molar-refractivity contribution is 0.440. The molecule has 1 aromatic carbocycles. The van der Waals surface area contributed by atoms with Crippen LogP contribution in [-0.4, -0.2) is 6.54 Å². The van der Waals surface area contributed by atoms with Crippen molar-refractivity contribution in [2.75, 3.05) is 17.6 Å². The van der Waals surface area contributed by atoms with Gasteiger partial charge in [-0.15, -0.1) is 0 Å². The van der Waals surface area contributed by atoms with Gasteiger partial charge in [-0.2, -0.15) is 0 Å². The van der Waals surface area contributed by atoms with Gasteiger partial charge in [-0.25, -0.2) is 4.39 Å². The summed E-state index contributed by atoms with van der Waals surface area (Å²) in [5, 5.41) is 3.28. The van der Waals surface area contributed by atoms with Crippen LogP contribution in [0.1, 0.15) is 20.8 Å². The smallest absolute Gasteiger partial charge is 0.143 e. The third-order valence-corrected chi connectivity index (χ3v) is 3.13. The molecule has 0 fully saturated rings. The minimum absolute atomic E-state index is 0.0916. The van der Waals surface area contributed by atoms with E-state index in [9.17, 15) is 4.39 Å². The van der Waals surface area contributed by atoms with Gasteiger partial charge in [0, 0.05) is 12.6 Å². The molecule has 4 heteroatoms. The standard InChI is InChI=1S/C12H18ClFN2/c1-7(2)8(3)6-16-12-4-9(13)10(14)5-11(12)15/h4-5,7-8,16H,6,15H2,1-3H3. The van der Waals surface area contributed by atoms with Crippen LogP contribution in [0.2, 0.25) is 5.02 Å². The van der Waals surface area contributed by atoms with Gasteiger partial charge in [0.15, 0.2) is 0 Å². The second-order valence-corrected chi connectivity index (χ2v) is 4.86. The molecular formula is C12H18ClFN2. The predicted octanol–water partition coefficient (Wildman–Crippen LogP) is 3.77. The summed E-state index contributed by atoms with van der Waals surface area (Å²) in [6, 6.07) is 2.77. The monoisotopic (exact) mass is 244 g/mol. The Morgan fingerprint density at radius 1 is 1.38 bits per heavy atom. The summed E-state index contributed by atoms with van der Waals surface area (Å²) in [7, 11) is 0. The molecule has 0 aliphatic heterocycles.